The van der Waals surface area contributed by atoms with Crippen molar-refractivity contribution in [2.24, 2.45) is 26.6 Å². The van der Waals surface area contributed by atoms with E-state index in [0.717, 1.165) is 31.6 Å². The molecule has 0 unspecified atom stereocenters. The Morgan fingerprint density at radius 3 is 2.67 bits per heavy atom. The van der Waals surface area contributed by atoms with Crippen molar-refractivity contribution >= 4 is 18.5 Å². The van der Waals surface area contributed by atoms with E-state index in [1.807, 2.05) is 6.20 Å². The van der Waals surface area contributed by atoms with Crippen molar-refractivity contribution in [1.82, 2.24) is 10.9 Å². The van der Waals surface area contributed by atoms with E-state index in [2.05, 4.69) is 39.7 Å². The highest BCUT2D eigenvalue weighted by Gasteiger charge is 2.10. The second kappa shape index (κ2) is 9.93. The minimum absolute atomic E-state index is 0.326. The molecule has 1 aliphatic heterocycles. The first-order chi connectivity index (χ1) is 10.1. The fraction of sp³-hybridized carbons (Fsp3) is 0.643. The van der Waals surface area contributed by atoms with Crippen LogP contribution in [-0.4, -0.2) is 44.8 Å². The molecule has 0 radical (unpaired) electrons. The Bertz CT molecular complexity index is 408. The van der Waals surface area contributed by atoms with Gasteiger partial charge in [-0.1, -0.05) is 13.8 Å². The summed E-state index contributed by atoms with van der Waals surface area (Å²) in [6, 6.07) is 0.336. The molecule has 1 aliphatic rings. The fourth-order valence-corrected chi connectivity index (χ4v) is 1.69. The van der Waals surface area contributed by atoms with Crippen LogP contribution in [0.4, 0.5) is 0 Å². The highest BCUT2D eigenvalue weighted by atomic mass is 16.5. The Labute approximate surface area is 126 Å². The summed E-state index contributed by atoms with van der Waals surface area (Å²) in [5, 5.41) is 0. The number of hydrogen-bond donors (Lipinski definition) is 3. The normalized spacial score (nSPS) is 18.9. The molecule has 0 saturated carbocycles. The highest BCUT2D eigenvalue weighted by molar-refractivity contribution is 5.85. The second-order valence-corrected chi connectivity index (χ2v) is 5.06. The number of allylic oxidation sites excluding steroid dienone is 1. The smallest absolute Gasteiger partial charge is 0.207 e. The minimum Gasteiger partial charge on any atom is -0.381 e. The third-order valence-electron chi connectivity index (χ3n) is 3.11. The van der Waals surface area contributed by atoms with Gasteiger partial charge in [0, 0.05) is 32.7 Å². The molecule has 7 nitrogen and oxygen atoms in total. The van der Waals surface area contributed by atoms with Gasteiger partial charge in [0.1, 0.15) is 6.34 Å². The fourth-order valence-electron chi connectivity index (χ4n) is 1.69. The number of hydrogen-bond acceptors (Lipinski definition) is 4. The molecular formula is C14H26N6O. The largest absolute Gasteiger partial charge is 0.381 e. The lowest BCUT2D eigenvalue weighted by Crippen LogP contribution is -2.39. The van der Waals surface area contributed by atoms with Gasteiger partial charge in [-0.15, -0.1) is 0 Å². The van der Waals surface area contributed by atoms with Crippen LogP contribution in [0.2, 0.25) is 0 Å². The Morgan fingerprint density at radius 1 is 1.33 bits per heavy atom. The molecule has 0 aliphatic carbocycles. The average molecular weight is 294 g/mol. The molecule has 21 heavy (non-hydrogen) atoms. The number of nitrogens with zero attached hydrogens (tertiary/aromatic N) is 3. The van der Waals surface area contributed by atoms with Crippen LogP contribution < -0.4 is 16.6 Å². The van der Waals surface area contributed by atoms with Crippen LogP contribution in [0.5, 0.6) is 0 Å². The number of guanidine groups is 1. The van der Waals surface area contributed by atoms with Crippen molar-refractivity contribution in [3.05, 3.63) is 11.8 Å². The number of aliphatic imine (C=N–C) groups is 3. The molecule has 1 heterocycles. The molecule has 4 N–H and O–H groups in total. The quantitative estimate of drug-likeness (QED) is 0.384. The van der Waals surface area contributed by atoms with Gasteiger partial charge < -0.3 is 15.9 Å². The van der Waals surface area contributed by atoms with E-state index in [1.54, 1.807) is 19.6 Å². The first-order valence-electron chi connectivity index (χ1n) is 7.20. The van der Waals surface area contributed by atoms with Crippen molar-refractivity contribution in [3.8, 4) is 0 Å². The predicted molar refractivity (Wildman–Crippen MR) is 87.6 cm³/mol. The minimum atomic E-state index is 0.326. The summed E-state index contributed by atoms with van der Waals surface area (Å²) in [5.41, 5.74) is 12.2. The maximum atomic E-state index is 5.52. The van der Waals surface area contributed by atoms with Crippen LogP contribution in [0.3, 0.4) is 0 Å². The zero-order chi connectivity index (χ0) is 15.5. The van der Waals surface area contributed by atoms with Crippen molar-refractivity contribution in [2.75, 3.05) is 20.3 Å². The van der Waals surface area contributed by atoms with Crippen LogP contribution in [0, 0.1) is 5.92 Å². The van der Waals surface area contributed by atoms with E-state index >= 15 is 0 Å². The van der Waals surface area contributed by atoms with Gasteiger partial charge in [0.05, 0.1) is 6.04 Å². The van der Waals surface area contributed by atoms with Crippen molar-refractivity contribution < 1.29 is 4.74 Å². The molecule has 0 bridgehead atoms. The van der Waals surface area contributed by atoms with Crippen LogP contribution in [0.1, 0.15) is 26.7 Å². The van der Waals surface area contributed by atoms with E-state index < -0.39 is 0 Å². The van der Waals surface area contributed by atoms with Gasteiger partial charge in [0.25, 0.3) is 0 Å². The average Bonchev–Trinajstić information content (AvgIpc) is 2.50. The van der Waals surface area contributed by atoms with Crippen LogP contribution in [0.25, 0.3) is 0 Å². The van der Waals surface area contributed by atoms with Gasteiger partial charge in [-0.25, -0.2) is 4.99 Å². The van der Waals surface area contributed by atoms with Gasteiger partial charge >= 0.3 is 0 Å². The van der Waals surface area contributed by atoms with E-state index in [-0.39, 0.29) is 0 Å². The lowest BCUT2D eigenvalue weighted by Gasteiger charge is -2.17. The van der Waals surface area contributed by atoms with Crippen molar-refractivity contribution in [1.29, 1.82) is 0 Å². The standard InChI is InChI=1S/C14H26N6O/c1-11(2)12(9-19-20-14(15)16-3)8-17-10-18-13-4-6-21-7-5-13/h8-11,13,19H,4-7H2,1-3H3,(H3,15,16,20). The second-order valence-electron chi connectivity index (χ2n) is 5.06. The number of rotatable bonds is 6. The Morgan fingerprint density at radius 2 is 2.05 bits per heavy atom. The molecule has 118 valence electrons. The zero-order valence-corrected chi connectivity index (χ0v) is 13.0. The third kappa shape index (κ3) is 7.45. The molecule has 0 atom stereocenters. The molecule has 0 aromatic heterocycles. The molecule has 1 rings (SSSR count). The molecule has 7 heteroatoms. The molecule has 0 amide bonds. The Hall–Kier alpha value is -1.89. The number of hydrazine groups is 1. The molecular weight excluding hydrogens is 268 g/mol. The van der Waals surface area contributed by atoms with E-state index in [0.29, 0.717) is 17.9 Å². The van der Waals surface area contributed by atoms with E-state index in [9.17, 15) is 0 Å². The molecule has 0 aromatic rings. The van der Waals surface area contributed by atoms with Crippen molar-refractivity contribution in [2.45, 2.75) is 32.7 Å². The van der Waals surface area contributed by atoms with Gasteiger partial charge in [0.2, 0.25) is 5.96 Å². The lowest BCUT2D eigenvalue weighted by molar-refractivity contribution is 0.0872. The monoisotopic (exact) mass is 294 g/mol. The highest BCUT2D eigenvalue weighted by Crippen LogP contribution is 2.09. The van der Waals surface area contributed by atoms with Gasteiger partial charge in [-0.2, -0.15) is 0 Å². The topological polar surface area (TPSA) is 96.4 Å². The summed E-state index contributed by atoms with van der Waals surface area (Å²) in [6.45, 7) is 5.76. The molecule has 0 aromatic carbocycles. The van der Waals surface area contributed by atoms with Crippen LogP contribution in [-0.2, 0) is 4.74 Å². The number of ether oxygens (including phenoxy) is 1. The molecule has 1 saturated heterocycles. The van der Waals surface area contributed by atoms with E-state index in [1.165, 1.54) is 0 Å². The molecule has 0 spiro atoms. The van der Waals surface area contributed by atoms with Crippen LogP contribution in [0.15, 0.2) is 26.8 Å². The summed E-state index contributed by atoms with van der Waals surface area (Å²) in [7, 11) is 1.62. The number of nitrogens with one attached hydrogen (secondary N) is 2. The first-order valence-corrected chi connectivity index (χ1v) is 7.20. The maximum absolute atomic E-state index is 5.52. The first kappa shape index (κ1) is 17.2. The number of nitrogens with two attached hydrogens (primary N) is 1. The summed E-state index contributed by atoms with van der Waals surface area (Å²) in [5.74, 6) is 0.659. The van der Waals surface area contributed by atoms with Gasteiger partial charge in [-0.3, -0.25) is 15.4 Å². The summed E-state index contributed by atoms with van der Waals surface area (Å²) in [6.07, 6.45) is 7.18. The zero-order valence-electron chi connectivity index (χ0n) is 13.0. The van der Waals surface area contributed by atoms with Crippen LogP contribution >= 0.6 is 0 Å². The van der Waals surface area contributed by atoms with E-state index in [4.69, 9.17) is 10.5 Å². The van der Waals surface area contributed by atoms with Gasteiger partial charge in [0.15, 0.2) is 0 Å². The Kier molecular flexibility index (Phi) is 8.11. The third-order valence-corrected chi connectivity index (χ3v) is 3.11. The summed E-state index contributed by atoms with van der Waals surface area (Å²) in [4.78, 5) is 12.5. The predicted octanol–water partition coefficient (Wildman–Crippen LogP) is 0.843. The van der Waals surface area contributed by atoms with Gasteiger partial charge in [-0.05, 0) is 24.3 Å². The lowest BCUT2D eigenvalue weighted by atomic mass is 10.1. The van der Waals surface area contributed by atoms with Crippen molar-refractivity contribution in [3.63, 3.8) is 0 Å². The Balaban J connectivity index is 2.46. The summed E-state index contributed by atoms with van der Waals surface area (Å²) >= 11 is 0. The summed E-state index contributed by atoms with van der Waals surface area (Å²) < 4.78 is 5.29. The molecule has 1 fully saturated rings. The SMILES string of the molecule is CN=C(N)NNC=C(C=NC=NC1CCOCC1)C(C)C. The maximum Gasteiger partial charge on any atom is 0.207 e.